The van der Waals surface area contributed by atoms with Crippen LogP contribution in [0.15, 0.2) is 27.1 Å². The second-order valence-electron chi connectivity index (χ2n) is 2.70. The standard InChI is InChI=1S/C8H6BrClN4O/c9-5-2-1-4(3-6(5)10)12-8-14-13-7(11)15-8/h1-3H,(H2,11,13)(H,12,14). The van der Waals surface area contributed by atoms with Crippen molar-refractivity contribution in [2.45, 2.75) is 0 Å². The van der Waals surface area contributed by atoms with Crippen molar-refractivity contribution in [2.75, 3.05) is 11.1 Å². The number of hydrogen-bond acceptors (Lipinski definition) is 5. The summed E-state index contributed by atoms with van der Waals surface area (Å²) in [4.78, 5) is 0. The van der Waals surface area contributed by atoms with Crippen molar-refractivity contribution in [1.29, 1.82) is 0 Å². The van der Waals surface area contributed by atoms with Gasteiger partial charge in [-0.15, -0.1) is 0 Å². The van der Waals surface area contributed by atoms with Crippen LogP contribution in [0, 0.1) is 0 Å². The first-order chi connectivity index (χ1) is 7.15. The molecule has 1 heterocycles. The Morgan fingerprint density at radius 3 is 2.80 bits per heavy atom. The number of aromatic nitrogens is 2. The molecule has 5 nitrogen and oxygen atoms in total. The molecule has 3 N–H and O–H groups in total. The van der Waals surface area contributed by atoms with Crippen molar-refractivity contribution in [3.05, 3.63) is 27.7 Å². The number of halogens is 2. The van der Waals surface area contributed by atoms with Crippen LogP contribution in [0.5, 0.6) is 0 Å². The topological polar surface area (TPSA) is 77.0 Å². The van der Waals surface area contributed by atoms with E-state index in [0.29, 0.717) is 5.02 Å². The molecule has 2 aromatic rings. The minimum Gasteiger partial charge on any atom is -0.389 e. The molecule has 0 spiro atoms. The quantitative estimate of drug-likeness (QED) is 0.889. The third-order valence-corrected chi connectivity index (χ3v) is 2.84. The number of nitrogens with zero attached hydrogens (tertiary/aromatic N) is 2. The lowest BCUT2D eigenvalue weighted by Gasteiger charge is -2.02. The number of nitrogens with two attached hydrogens (primary N) is 1. The van der Waals surface area contributed by atoms with Gasteiger partial charge in [0.2, 0.25) is 0 Å². The molecule has 2 rings (SSSR count). The third-order valence-electron chi connectivity index (χ3n) is 1.61. The second kappa shape index (κ2) is 4.08. The molecule has 78 valence electrons. The maximum absolute atomic E-state index is 5.91. The van der Waals surface area contributed by atoms with E-state index in [9.17, 15) is 0 Å². The van der Waals surface area contributed by atoms with Crippen LogP contribution in [0.25, 0.3) is 0 Å². The molecule has 0 aliphatic heterocycles. The highest BCUT2D eigenvalue weighted by atomic mass is 79.9. The molecule has 0 aliphatic rings. The minimum atomic E-state index is 0.0145. The smallest absolute Gasteiger partial charge is 0.321 e. The van der Waals surface area contributed by atoms with E-state index < -0.39 is 0 Å². The first-order valence-electron chi connectivity index (χ1n) is 3.96. The number of nitrogens with one attached hydrogen (secondary N) is 1. The molecule has 0 saturated heterocycles. The molecule has 1 aromatic heterocycles. The van der Waals surface area contributed by atoms with Gasteiger partial charge in [0, 0.05) is 10.2 Å². The lowest BCUT2D eigenvalue weighted by molar-refractivity contribution is 0.593. The number of nitrogen functional groups attached to an aromatic ring is 1. The van der Waals surface area contributed by atoms with Crippen LogP contribution in [-0.4, -0.2) is 10.2 Å². The van der Waals surface area contributed by atoms with Gasteiger partial charge in [-0.05, 0) is 34.1 Å². The van der Waals surface area contributed by atoms with Gasteiger partial charge in [0.15, 0.2) is 0 Å². The Bertz CT molecular complexity index is 487. The molecule has 0 fully saturated rings. The van der Waals surface area contributed by atoms with Gasteiger partial charge in [0.05, 0.1) is 5.02 Å². The molecular formula is C8H6BrClN4O. The molecule has 0 radical (unpaired) electrons. The van der Waals surface area contributed by atoms with Crippen molar-refractivity contribution in [3.63, 3.8) is 0 Å². The van der Waals surface area contributed by atoms with Crippen LogP contribution in [0.3, 0.4) is 0 Å². The van der Waals surface area contributed by atoms with E-state index in [-0.39, 0.29) is 12.0 Å². The summed E-state index contributed by atoms with van der Waals surface area (Å²) in [5.74, 6) is 0. The molecule has 0 atom stereocenters. The van der Waals surface area contributed by atoms with E-state index in [1.54, 1.807) is 6.07 Å². The lowest BCUT2D eigenvalue weighted by Crippen LogP contribution is -1.90. The van der Waals surface area contributed by atoms with Crippen molar-refractivity contribution in [2.24, 2.45) is 0 Å². The Morgan fingerprint density at radius 1 is 1.40 bits per heavy atom. The summed E-state index contributed by atoms with van der Waals surface area (Å²) in [7, 11) is 0. The van der Waals surface area contributed by atoms with E-state index >= 15 is 0 Å². The number of hydrogen-bond donors (Lipinski definition) is 2. The average molecular weight is 290 g/mol. The fraction of sp³-hybridized carbons (Fsp3) is 0. The summed E-state index contributed by atoms with van der Waals surface area (Å²) in [6.45, 7) is 0. The van der Waals surface area contributed by atoms with Crippen LogP contribution >= 0.6 is 27.5 Å². The number of rotatable bonds is 2. The predicted octanol–water partition coefficient (Wildman–Crippen LogP) is 2.81. The van der Waals surface area contributed by atoms with E-state index in [2.05, 4.69) is 31.4 Å². The van der Waals surface area contributed by atoms with E-state index in [1.165, 1.54) is 0 Å². The van der Waals surface area contributed by atoms with Gasteiger partial charge >= 0.3 is 12.0 Å². The van der Waals surface area contributed by atoms with Crippen LogP contribution in [0.4, 0.5) is 17.7 Å². The molecule has 1 aromatic carbocycles. The van der Waals surface area contributed by atoms with Crippen molar-refractivity contribution in [3.8, 4) is 0 Å². The summed E-state index contributed by atoms with van der Waals surface area (Å²) < 4.78 is 5.77. The Hall–Kier alpha value is -1.27. The Kier molecular flexibility index (Phi) is 2.79. The van der Waals surface area contributed by atoms with Crippen molar-refractivity contribution < 1.29 is 4.42 Å². The Labute approximate surface area is 98.8 Å². The third kappa shape index (κ3) is 2.40. The van der Waals surface area contributed by atoms with Gasteiger partial charge < -0.3 is 15.5 Å². The predicted molar refractivity (Wildman–Crippen MR) is 61.1 cm³/mol. The van der Waals surface area contributed by atoms with Gasteiger partial charge in [0.1, 0.15) is 0 Å². The SMILES string of the molecule is Nc1nnc(Nc2ccc(Br)c(Cl)c2)o1. The van der Waals surface area contributed by atoms with E-state index in [1.807, 2.05) is 12.1 Å². The fourth-order valence-electron chi connectivity index (χ4n) is 0.982. The molecule has 0 bridgehead atoms. The van der Waals surface area contributed by atoms with Gasteiger partial charge in [-0.1, -0.05) is 21.8 Å². The van der Waals surface area contributed by atoms with Crippen LogP contribution in [-0.2, 0) is 0 Å². The first-order valence-corrected chi connectivity index (χ1v) is 5.13. The summed E-state index contributed by atoms with van der Waals surface area (Å²) >= 11 is 9.19. The normalized spacial score (nSPS) is 10.3. The number of anilines is 3. The molecule has 0 saturated carbocycles. The van der Waals surface area contributed by atoms with E-state index in [4.69, 9.17) is 21.8 Å². The first kappa shape index (κ1) is 10.3. The molecule has 0 unspecified atom stereocenters. The van der Waals surface area contributed by atoms with E-state index in [0.717, 1.165) is 10.2 Å². The van der Waals surface area contributed by atoms with Gasteiger partial charge in [-0.3, -0.25) is 0 Å². The van der Waals surface area contributed by atoms with Crippen LogP contribution < -0.4 is 11.1 Å². The van der Waals surface area contributed by atoms with Gasteiger partial charge in [0.25, 0.3) is 0 Å². The summed E-state index contributed by atoms with van der Waals surface area (Å²) in [5, 5.41) is 10.6. The van der Waals surface area contributed by atoms with Crippen LogP contribution in [0.2, 0.25) is 5.02 Å². The summed E-state index contributed by atoms with van der Waals surface area (Å²) in [6, 6.07) is 5.60. The minimum absolute atomic E-state index is 0.0145. The second-order valence-corrected chi connectivity index (χ2v) is 3.96. The maximum atomic E-state index is 5.91. The van der Waals surface area contributed by atoms with Crippen molar-refractivity contribution in [1.82, 2.24) is 10.2 Å². The molecule has 0 aliphatic carbocycles. The van der Waals surface area contributed by atoms with Gasteiger partial charge in [-0.25, -0.2) is 0 Å². The molecule has 0 amide bonds. The monoisotopic (exact) mass is 288 g/mol. The number of benzene rings is 1. The zero-order valence-corrected chi connectivity index (χ0v) is 9.71. The molecule has 15 heavy (non-hydrogen) atoms. The summed E-state index contributed by atoms with van der Waals surface area (Å²) in [6.07, 6.45) is 0. The molecular weight excluding hydrogens is 283 g/mol. The highest BCUT2D eigenvalue weighted by Crippen LogP contribution is 2.27. The Balaban J connectivity index is 2.21. The highest BCUT2D eigenvalue weighted by molar-refractivity contribution is 9.10. The molecule has 7 heteroatoms. The maximum Gasteiger partial charge on any atom is 0.321 e. The average Bonchev–Trinajstić information content (AvgIpc) is 2.58. The van der Waals surface area contributed by atoms with Crippen LogP contribution in [0.1, 0.15) is 0 Å². The van der Waals surface area contributed by atoms with Gasteiger partial charge in [-0.2, -0.15) is 0 Å². The zero-order chi connectivity index (χ0) is 10.8. The Morgan fingerprint density at radius 2 is 2.20 bits per heavy atom. The summed E-state index contributed by atoms with van der Waals surface area (Å²) in [5.41, 5.74) is 6.01. The lowest BCUT2D eigenvalue weighted by atomic mass is 10.3. The largest absolute Gasteiger partial charge is 0.389 e. The zero-order valence-electron chi connectivity index (χ0n) is 7.37. The highest BCUT2D eigenvalue weighted by Gasteiger charge is 2.04. The fourth-order valence-corrected chi connectivity index (χ4v) is 1.41. The van der Waals surface area contributed by atoms with Crippen molar-refractivity contribution >= 4 is 45.2 Å².